The molecule has 12 nitrogen and oxygen atoms in total. The minimum atomic E-state index is -0.853. The van der Waals surface area contributed by atoms with Crippen molar-refractivity contribution in [2.45, 2.75) is 22.5 Å². The van der Waals surface area contributed by atoms with Crippen LogP contribution < -0.4 is 4.74 Å². The summed E-state index contributed by atoms with van der Waals surface area (Å²) in [5.41, 5.74) is -0.194. The number of carbonyl (C=O) groups excluding carboxylic acids is 5. The fraction of sp³-hybridized carbons (Fsp3) is 0.250. The minimum absolute atomic E-state index is 0.00600. The van der Waals surface area contributed by atoms with Gasteiger partial charge in [0.25, 0.3) is 23.4 Å². The van der Waals surface area contributed by atoms with E-state index in [9.17, 15) is 34.1 Å². The van der Waals surface area contributed by atoms with Gasteiger partial charge in [0.1, 0.15) is 12.3 Å². The van der Waals surface area contributed by atoms with E-state index >= 15 is 0 Å². The number of halogens is 2. The Kier molecular flexibility index (Phi) is 8.36. The molecule has 0 unspecified atom stereocenters. The molecule has 1 aromatic heterocycles. The second kappa shape index (κ2) is 12.0. The summed E-state index contributed by atoms with van der Waals surface area (Å²) >= 11 is 7.05. The second-order valence-electron chi connectivity index (χ2n) is 9.69. The van der Waals surface area contributed by atoms with Crippen molar-refractivity contribution in [2.75, 3.05) is 6.54 Å². The predicted molar refractivity (Wildman–Crippen MR) is 152 cm³/mol. The van der Waals surface area contributed by atoms with Crippen molar-refractivity contribution in [1.82, 2.24) is 10.0 Å². The molecule has 2 fully saturated rings. The van der Waals surface area contributed by atoms with Crippen molar-refractivity contribution >= 4 is 67.0 Å². The maximum Gasteiger partial charge on any atom is 0.379 e. The van der Waals surface area contributed by atoms with Crippen LogP contribution in [0.25, 0.3) is 0 Å². The smallest absolute Gasteiger partial charge is 0.379 e. The number of carbonyl (C=O) groups is 5. The average molecular weight is 703 g/mol. The summed E-state index contributed by atoms with van der Waals surface area (Å²) in [7, 11) is 0. The van der Waals surface area contributed by atoms with Gasteiger partial charge in [0.2, 0.25) is 5.76 Å². The van der Waals surface area contributed by atoms with Gasteiger partial charge >= 0.3 is 5.97 Å². The van der Waals surface area contributed by atoms with E-state index in [0.717, 1.165) is 22.2 Å². The SMILES string of the molecule is O=C(CN(C(=O)c1ccc([N+](=O)[O-])cc1)N1C(=O)[C@@H]2C[C@H](Br)[C@@H](Br)C[C@H]2C1=O)c1ccc(OC(=O)c2ccco2)cc1. The molecule has 2 aromatic carbocycles. The molecular weight excluding hydrogens is 682 g/mol. The van der Waals surface area contributed by atoms with Crippen LogP contribution in [0.1, 0.15) is 44.1 Å². The van der Waals surface area contributed by atoms with E-state index in [1.54, 1.807) is 0 Å². The topological polar surface area (TPSA) is 157 Å². The summed E-state index contributed by atoms with van der Waals surface area (Å²) in [6.45, 7) is -0.673. The number of nitro benzene ring substituents is 1. The first kappa shape index (κ1) is 29.3. The monoisotopic (exact) mass is 701 g/mol. The molecule has 3 aromatic rings. The predicted octanol–water partition coefficient (Wildman–Crippen LogP) is 4.57. The molecule has 0 spiro atoms. The van der Waals surface area contributed by atoms with Crippen LogP contribution in [0, 0.1) is 22.0 Å². The Morgan fingerprint density at radius 3 is 2.02 bits per heavy atom. The molecule has 0 N–H and O–H groups in total. The van der Waals surface area contributed by atoms with Gasteiger partial charge in [-0.05, 0) is 61.4 Å². The number of furan rings is 1. The lowest BCUT2D eigenvalue weighted by Crippen LogP contribution is -2.52. The zero-order valence-electron chi connectivity index (χ0n) is 21.6. The molecule has 0 bridgehead atoms. The number of fused-ring (bicyclic) bond motifs is 1. The lowest BCUT2D eigenvalue weighted by molar-refractivity contribution is -0.384. The number of nitrogens with zero attached hydrogens (tertiary/aromatic N) is 3. The lowest BCUT2D eigenvalue weighted by atomic mass is 9.81. The Labute approximate surface area is 255 Å². The molecule has 3 amide bonds. The second-order valence-corrected chi connectivity index (χ2v) is 12.0. The standard InChI is InChI=1S/C28H21Br2N3O9/c29-21-12-19-20(13-22(21)30)27(37)32(26(19)36)31(25(35)16-3-7-17(8-4-16)33(39)40)14-23(34)15-5-9-18(10-6-15)42-28(38)24-2-1-11-41-24/h1-11,19-22H,12-14H2/t19-,20-,21+,22+/m1/s1. The highest BCUT2D eigenvalue weighted by atomic mass is 79.9. The molecule has 1 saturated heterocycles. The fourth-order valence-electron chi connectivity index (χ4n) is 4.91. The van der Waals surface area contributed by atoms with E-state index in [0.29, 0.717) is 12.8 Å². The number of nitro groups is 1. The van der Waals surface area contributed by atoms with Gasteiger partial charge in [-0.15, -0.1) is 0 Å². The van der Waals surface area contributed by atoms with Crippen LogP contribution in [0.5, 0.6) is 5.75 Å². The summed E-state index contributed by atoms with van der Waals surface area (Å²) in [5.74, 6) is -4.63. The largest absolute Gasteiger partial charge is 0.457 e. The van der Waals surface area contributed by atoms with E-state index in [1.165, 1.54) is 54.8 Å². The molecule has 2 heterocycles. The molecule has 0 radical (unpaired) electrons. The number of ketones is 1. The number of imide groups is 1. The van der Waals surface area contributed by atoms with Crippen molar-refractivity contribution in [3.8, 4) is 5.75 Å². The molecular formula is C28H21Br2N3O9. The Bertz CT molecular complexity index is 1530. The number of non-ortho nitro benzene ring substituents is 1. The number of hydrazine groups is 1. The third-order valence-corrected chi connectivity index (χ3v) is 9.83. The van der Waals surface area contributed by atoms with Gasteiger partial charge < -0.3 is 9.15 Å². The first-order valence-corrected chi connectivity index (χ1v) is 14.5. The van der Waals surface area contributed by atoms with Gasteiger partial charge in [0.15, 0.2) is 5.78 Å². The van der Waals surface area contributed by atoms with E-state index < -0.39 is 52.8 Å². The third-order valence-electron chi connectivity index (χ3n) is 7.09. The Hall–Kier alpha value is -4.17. The minimum Gasteiger partial charge on any atom is -0.457 e. The molecule has 42 heavy (non-hydrogen) atoms. The molecule has 14 heteroatoms. The Morgan fingerprint density at radius 1 is 0.929 bits per heavy atom. The van der Waals surface area contributed by atoms with Crippen LogP contribution in [-0.2, 0) is 9.59 Å². The average Bonchev–Trinajstić information content (AvgIpc) is 3.60. The van der Waals surface area contributed by atoms with Gasteiger partial charge in [-0.3, -0.25) is 29.3 Å². The number of hydrogen-bond donors (Lipinski definition) is 0. The molecule has 1 aliphatic heterocycles. The van der Waals surface area contributed by atoms with Crippen molar-refractivity contribution < 1.29 is 38.1 Å². The summed E-state index contributed by atoms with van der Waals surface area (Å²) in [4.78, 5) is 76.5. The van der Waals surface area contributed by atoms with Crippen LogP contribution in [0.2, 0.25) is 0 Å². The first-order valence-electron chi connectivity index (χ1n) is 12.7. The molecule has 216 valence electrons. The highest BCUT2D eigenvalue weighted by molar-refractivity contribution is 9.12. The molecule has 5 rings (SSSR count). The van der Waals surface area contributed by atoms with Crippen molar-refractivity contribution in [3.05, 3.63) is 93.9 Å². The first-order chi connectivity index (χ1) is 20.0. The van der Waals surface area contributed by atoms with Gasteiger partial charge in [0, 0.05) is 32.9 Å². The quantitative estimate of drug-likeness (QED) is 0.0624. The molecule has 1 saturated carbocycles. The van der Waals surface area contributed by atoms with Crippen molar-refractivity contribution in [1.29, 1.82) is 0 Å². The third kappa shape index (κ3) is 5.77. The number of hydrogen-bond acceptors (Lipinski definition) is 9. The molecule has 4 atom stereocenters. The zero-order valence-corrected chi connectivity index (χ0v) is 24.7. The Balaban J connectivity index is 1.41. The van der Waals surface area contributed by atoms with Gasteiger partial charge in [-0.2, -0.15) is 5.01 Å². The van der Waals surface area contributed by atoms with Crippen LogP contribution in [0.15, 0.2) is 71.3 Å². The number of amides is 3. The number of esters is 1. The van der Waals surface area contributed by atoms with Crippen molar-refractivity contribution in [3.63, 3.8) is 0 Å². The van der Waals surface area contributed by atoms with E-state index in [4.69, 9.17) is 9.15 Å². The van der Waals surface area contributed by atoms with Gasteiger partial charge in [0.05, 0.1) is 23.0 Å². The van der Waals surface area contributed by atoms with E-state index in [1.807, 2.05) is 0 Å². The number of ether oxygens (including phenoxy) is 1. The number of benzene rings is 2. The summed E-state index contributed by atoms with van der Waals surface area (Å²) in [6, 6.07) is 13.1. The van der Waals surface area contributed by atoms with Gasteiger partial charge in [-0.25, -0.2) is 9.80 Å². The zero-order chi connectivity index (χ0) is 30.1. The fourth-order valence-corrected chi connectivity index (χ4v) is 6.15. The summed E-state index contributed by atoms with van der Waals surface area (Å²) in [5, 5.41) is 12.6. The van der Waals surface area contributed by atoms with Crippen molar-refractivity contribution in [2.24, 2.45) is 11.8 Å². The molecule has 1 aliphatic carbocycles. The van der Waals surface area contributed by atoms with Gasteiger partial charge in [-0.1, -0.05) is 31.9 Å². The normalized spacial score (nSPS) is 21.5. The number of alkyl halides is 2. The van der Waals surface area contributed by atoms with E-state index in [-0.39, 0.29) is 38.0 Å². The highest BCUT2D eigenvalue weighted by Crippen LogP contribution is 2.43. The summed E-state index contributed by atoms with van der Waals surface area (Å²) < 4.78 is 10.2. The van der Waals surface area contributed by atoms with Crippen LogP contribution in [0.4, 0.5) is 5.69 Å². The lowest BCUT2D eigenvalue weighted by Gasteiger charge is -2.30. The number of Topliss-reactive ketones (excluding diaryl/α,β-unsaturated/α-hetero) is 1. The highest BCUT2D eigenvalue weighted by Gasteiger charge is 2.54. The number of rotatable bonds is 8. The molecule has 2 aliphatic rings. The van der Waals surface area contributed by atoms with Crippen LogP contribution >= 0.6 is 31.9 Å². The van der Waals surface area contributed by atoms with Crippen LogP contribution in [0.3, 0.4) is 0 Å². The van der Waals surface area contributed by atoms with Crippen LogP contribution in [-0.4, -0.2) is 60.6 Å². The van der Waals surface area contributed by atoms with E-state index in [2.05, 4.69) is 31.9 Å². The maximum absolute atomic E-state index is 13.7. The Morgan fingerprint density at radius 2 is 1.50 bits per heavy atom. The summed E-state index contributed by atoms with van der Waals surface area (Å²) in [6.07, 6.45) is 2.03. The maximum atomic E-state index is 13.7.